The van der Waals surface area contributed by atoms with E-state index in [0.29, 0.717) is 18.3 Å². The van der Waals surface area contributed by atoms with Crippen LogP contribution in [0, 0.1) is 18.6 Å². The van der Waals surface area contributed by atoms with E-state index < -0.39 is 17.5 Å². The van der Waals surface area contributed by atoms with Crippen LogP contribution in [0.2, 0.25) is 0 Å². The van der Waals surface area contributed by atoms with Gasteiger partial charge in [-0.05, 0) is 50.8 Å². The molecule has 0 unspecified atom stereocenters. The third-order valence-electron chi connectivity index (χ3n) is 3.95. The highest BCUT2D eigenvalue weighted by Crippen LogP contribution is 2.45. The van der Waals surface area contributed by atoms with Gasteiger partial charge in [0.25, 0.3) is 5.91 Å². The molecule has 1 heterocycles. The van der Waals surface area contributed by atoms with E-state index >= 15 is 0 Å². The predicted octanol–water partition coefficient (Wildman–Crippen LogP) is 3.62. The molecule has 1 fully saturated rings. The third-order valence-corrected chi connectivity index (χ3v) is 3.95. The summed E-state index contributed by atoms with van der Waals surface area (Å²) in [5, 5.41) is 7.14. The summed E-state index contributed by atoms with van der Waals surface area (Å²) < 4.78 is 28.0. The second-order valence-electron chi connectivity index (χ2n) is 5.52. The van der Waals surface area contributed by atoms with Gasteiger partial charge in [-0.3, -0.25) is 9.48 Å². The van der Waals surface area contributed by atoms with Crippen LogP contribution in [0.25, 0.3) is 0 Å². The molecule has 1 saturated carbocycles. The van der Waals surface area contributed by atoms with Crippen molar-refractivity contribution in [3.8, 4) is 0 Å². The molecule has 1 amide bonds. The molecule has 0 spiro atoms. The smallest absolute Gasteiger partial charge is 0.256 e. The summed E-state index contributed by atoms with van der Waals surface area (Å²) in [6.45, 7) is 4.68. The van der Waals surface area contributed by atoms with Crippen molar-refractivity contribution >= 4 is 11.7 Å². The van der Waals surface area contributed by atoms with Crippen molar-refractivity contribution in [1.29, 1.82) is 0 Å². The molecule has 1 N–H and O–H groups in total. The molecule has 2 aromatic rings. The molecule has 1 aromatic carbocycles. The quantitative estimate of drug-likeness (QED) is 0.938. The highest BCUT2D eigenvalue weighted by molar-refractivity contribution is 6.04. The minimum atomic E-state index is -1.04. The van der Waals surface area contributed by atoms with Crippen molar-refractivity contribution in [1.82, 2.24) is 9.78 Å². The molecule has 0 radical (unpaired) electrons. The fraction of sp³-hybridized carbons (Fsp3) is 0.375. The van der Waals surface area contributed by atoms with Crippen molar-refractivity contribution < 1.29 is 13.6 Å². The lowest BCUT2D eigenvalue weighted by atomic mass is 10.1. The molecule has 1 aromatic heterocycles. The Hall–Kier alpha value is -2.24. The van der Waals surface area contributed by atoms with E-state index in [9.17, 15) is 13.6 Å². The molecule has 0 saturated heterocycles. The molecule has 1 aliphatic rings. The predicted molar refractivity (Wildman–Crippen MR) is 78.9 cm³/mol. The van der Waals surface area contributed by atoms with E-state index in [1.54, 1.807) is 0 Å². The van der Waals surface area contributed by atoms with Crippen LogP contribution in [0.1, 0.15) is 47.3 Å². The van der Waals surface area contributed by atoms with Gasteiger partial charge in [0.15, 0.2) is 17.5 Å². The van der Waals surface area contributed by atoms with Gasteiger partial charge < -0.3 is 5.32 Å². The Balaban J connectivity index is 1.89. The van der Waals surface area contributed by atoms with Crippen LogP contribution in [0.15, 0.2) is 18.2 Å². The van der Waals surface area contributed by atoms with Crippen molar-refractivity contribution in [3.63, 3.8) is 0 Å². The zero-order chi connectivity index (χ0) is 15.9. The standard InChI is InChI=1S/C16H17F2N3O/c1-3-21-9(2)14(10-4-5-10)15(20-21)19-16(22)11-6-7-12(17)13(18)8-11/h6-8,10H,3-5H2,1-2H3,(H,19,20,22). The Bertz CT molecular complexity index is 735. The Morgan fingerprint density at radius 2 is 2.09 bits per heavy atom. The van der Waals surface area contributed by atoms with Crippen molar-refractivity contribution in [3.05, 3.63) is 46.7 Å². The zero-order valence-corrected chi connectivity index (χ0v) is 12.5. The van der Waals surface area contributed by atoms with Crippen LogP contribution < -0.4 is 5.32 Å². The van der Waals surface area contributed by atoms with Gasteiger partial charge in [-0.25, -0.2) is 8.78 Å². The summed E-state index contributed by atoms with van der Waals surface area (Å²) >= 11 is 0. The van der Waals surface area contributed by atoms with Gasteiger partial charge in [0.05, 0.1) is 0 Å². The first-order valence-corrected chi connectivity index (χ1v) is 7.35. The first kappa shape index (κ1) is 14.7. The van der Waals surface area contributed by atoms with Crippen LogP contribution in [0.5, 0.6) is 0 Å². The van der Waals surface area contributed by atoms with Gasteiger partial charge in [0, 0.05) is 23.4 Å². The van der Waals surface area contributed by atoms with Crippen molar-refractivity contribution in [2.24, 2.45) is 0 Å². The van der Waals surface area contributed by atoms with Crippen molar-refractivity contribution in [2.45, 2.75) is 39.2 Å². The Labute approximate surface area is 127 Å². The minimum absolute atomic E-state index is 0.0735. The lowest BCUT2D eigenvalue weighted by molar-refractivity contribution is 0.102. The summed E-state index contributed by atoms with van der Waals surface area (Å²) in [5.41, 5.74) is 2.17. The number of aryl methyl sites for hydroxylation is 1. The monoisotopic (exact) mass is 305 g/mol. The van der Waals surface area contributed by atoms with Gasteiger partial charge in [-0.15, -0.1) is 0 Å². The topological polar surface area (TPSA) is 46.9 Å². The first-order valence-electron chi connectivity index (χ1n) is 7.35. The number of carbonyl (C=O) groups excluding carboxylic acids is 1. The highest BCUT2D eigenvalue weighted by Gasteiger charge is 2.31. The Morgan fingerprint density at radius 3 is 2.68 bits per heavy atom. The van der Waals surface area contributed by atoms with Crippen LogP contribution in [-0.2, 0) is 6.54 Å². The number of nitrogens with one attached hydrogen (secondary N) is 1. The third kappa shape index (κ3) is 2.61. The molecule has 6 heteroatoms. The summed E-state index contributed by atoms with van der Waals surface area (Å²) in [4.78, 5) is 12.2. The fourth-order valence-corrected chi connectivity index (χ4v) is 2.64. The summed E-state index contributed by atoms with van der Waals surface area (Å²) in [6, 6.07) is 3.10. The number of hydrogen-bond donors (Lipinski definition) is 1. The van der Waals surface area contributed by atoms with Gasteiger partial charge >= 0.3 is 0 Å². The molecule has 22 heavy (non-hydrogen) atoms. The van der Waals surface area contributed by atoms with E-state index in [1.165, 1.54) is 6.07 Å². The average Bonchev–Trinajstić information content (AvgIpc) is 3.27. The summed E-state index contributed by atoms with van der Waals surface area (Å²) in [7, 11) is 0. The van der Waals surface area contributed by atoms with E-state index in [0.717, 1.165) is 36.2 Å². The van der Waals surface area contributed by atoms with Crippen LogP contribution >= 0.6 is 0 Å². The lowest BCUT2D eigenvalue weighted by Crippen LogP contribution is -2.14. The minimum Gasteiger partial charge on any atom is -0.305 e. The Kier molecular flexibility index (Phi) is 3.68. The Morgan fingerprint density at radius 1 is 1.36 bits per heavy atom. The SMILES string of the molecule is CCn1nc(NC(=O)c2ccc(F)c(F)c2)c(C2CC2)c1C. The normalized spacial score (nSPS) is 14.2. The zero-order valence-electron chi connectivity index (χ0n) is 12.5. The summed E-state index contributed by atoms with van der Waals surface area (Å²) in [5.74, 6) is -1.54. The molecule has 4 nitrogen and oxygen atoms in total. The number of halogens is 2. The molecule has 0 aliphatic heterocycles. The van der Waals surface area contributed by atoms with Gasteiger partial charge in [-0.1, -0.05) is 0 Å². The number of nitrogens with zero attached hydrogens (tertiary/aromatic N) is 2. The van der Waals surface area contributed by atoms with Crippen LogP contribution in [0.3, 0.4) is 0 Å². The molecule has 1 aliphatic carbocycles. The van der Waals surface area contributed by atoms with E-state index in [2.05, 4.69) is 10.4 Å². The van der Waals surface area contributed by atoms with Crippen LogP contribution in [-0.4, -0.2) is 15.7 Å². The number of rotatable bonds is 4. The molecular weight excluding hydrogens is 288 g/mol. The maximum atomic E-state index is 13.2. The number of benzene rings is 1. The van der Waals surface area contributed by atoms with Crippen LogP contribution in [0.4, 0.5) is 14.6 Å². The van der Waals surface area contributed by atoms with E-state index in [1.807, 2.05) is 18.5 Å². The van der Waals surface area contributed by atoms with E-state index in [4.69, 9.17) is 0 Å². The number of aromatic nitrogens is 2. The number of hydrogen-bond acceptors (Lipinski definition) is 2. The number of anilines is 1. The van der Waals surface area contributed by atoms with E-state index in [-0.39, 0.29) is 5.56 Å². The first-order chi connectivity index (χ1) is 10.5. The molecule has 116 valence electrons. The maximum absolute atomic E-state index is 13.2. The fourth-order valence-electron chi connectivity index (χ4n) is 2.64. The molecule has 0 atom stereocenters. The second-order valence-corrected chi connectivity index (χ2v) is 5.52. The maximum Gasteiger partial charge on any atom is 0.256 e. The summed E-state index contributed by atoms with van der Waals surface area (Å²) in [6.07, 6.45) is 2.18. The molecule has 0 bridgehead atoms. The largest absolute Gasteiger partial charge is 0.305 e. The van der Waals surface area contributed by atoms with Gasteiger partial charge in [0.1, 0.15) is 0 Å². The highest BCUT2D eigenvalue weighted by atomic mass is 19.2. The second kappa shape index (κ2) is 5.51. The van der Waals surface area contributed by atoms with Gasteiger partial charge in [-0.2, -0.15) is 5.10 Å². The lowest BCUT2D eigenvalue weighted by Gasteiger charge is -2.05. The molecule has 3 rings (SSSR count). The van der Waals surface area contributed by atoms with Gasteiger partial charge in [0.2, 0.25) is 0 Å². The number of carbonyl (C=O) groups is 1. The number of amides is 1. The average molecular weight is 305 g/mol. The molecular formula is C16H17F2N3O. The van der Waals surface area contributed by atoms with Crippen molar-refractivity contribution in [2.75, 3.05) is 5.32 Å².